The molecule has 0 fully saturated rings. The van der Waals surface area contributed by atoms with Crippen molar-refractivity contribution in [2.75, 3.05) is 6.61 Å². The minimum Gasteiger partial charge on any atom is -0.464 e. The number of rotatable bonds is 3. The Labute approximate surface area is 91.4 Å². The summed E-state index contributed by atoms with van der Waals surface area (Å²) in [6, 6.07) is 3.61. The second-order valence-electron chi connectivity index (χ2n) is 2.82. The van der Waals surface area contributed by atoms with Crippen LogP contribution < -0.4 is 0 Å². The molecule has 1 N–H and O–H groups in total. The van der Waals surface area contributed by atoms with Gasteiger partial charge < -0.3 is 9.84 Å². The van der Waals surface area contributed by atoms with E-state index in [9.17, 15) is 14.3 Å². The normalized spacial score (nSPS) is 12.3. The van der Waals surface area contributed by atoms with E-state index >= 15 is 0 Å². The fraction of sp³-hybridized carbons (Fsp3) is 0.300. The number of benzene rings is 1. The van der Waals surface area contributed by atoms with Gasteiger partial charge in [-0.3, -0.25) is 0 Å². The van der Waals surface area contributed by atoms with E-state index in [4.69, 9.17) is 11.6 Å². The second kappa shape index (κ2) is 5.09. The molecule has 5 heteroatoms. The molecule has 1 unspecified atom stereocenters. The summed E-state index contributed by atoms with van der Waals surface area (Å²) in [6.45, 7) is 1.72. The van der Waals surface area contributed by atoms with Crippen molar-refractivity contribution in [3.05, 3.63) is 34.6 Å². The Balaban J connectivity index is 2.94. The molecule has 1 aromatic carbocycles. The van der Waals surface area contributed by atoms with Crippen LogP contribution in [0, 0.1) is 5.82 Å². The summed E-state index contributed by atoms with van der Waals surface area (Å²) in [5.41, 5.74) is -0.180. The van der Waals surface area contributed by atoms with Crippen LogP contribution in [0.3, 0.4) is 0 Å². The smallest absolute Gasteiger partial charge is 0.339 e. The first kappa shape index (κ1) is 11.9. The average Bonchev–Trinajstić information content (AvgIpc) is 2.21. The lowest BCUT2D eigenvalue weighted by atomic mass is 10.1. The Hall–Kier alpha value is -1.13. The molecule has 0 aliphatic carbocycles. The minimum absolute atomic E-state index is 0.123. The Morgan fingerprint density at radius 3 is 2.93 bits per heavy atom. The summed E-state index contributed by atoms with van der Waals surface area (Å²) in [4.78, 5) is 11.1. The zero-order valence-corrected chi connectivity index (χ0v) is 8.79. The number of carbonyl (C=O) groups excluding carboxylic acids is 1. The van der Waals surface area contributed by atoms with E-state index in [0.717, 1.165) is 6.07 Å². The highest BCUT2D eigenvalue weighted by Gasteiger charge is 2.22. The van der Waals surface area contributed by atoms with Gasteiger partial charge in [-0.15, -0.1) is 0 Å². The van der Waals surface area contributed by atoms with Gasteiger partial charge in [0, 0.05) is 10.6 Å². The van der Waals surface area contributed by atoms with Crippen LogP contribution in [-0.2, 0) is 9.53 Å². The number of esters is 1. The maximum absolute atomic E-state index is 13.2. The predicted molar refractivity (Wildman–Crippen MR) is 53.0 cm³/mol. The second-order valence-corrected chi connectivity index (χ2v) is 3.26. The number of hydrogen-bond donors (Lipinski definition) is 1. The number of aliphatic hydroxyl groups is 1. The van der Waals surface area contributed by atoms with Gasteiger partial charge in [0.15, 0.2) is 6.10 Å². The molecule has 0 saturated heterocycles. The maximum atomic E-state index is 13.2. The largest absolute Gasteiger partial charge is 0.464 e. The summed E-state index contributed by atoms with van der Waals surface area (Å²) < 4.78 is 17.7. The van der Waals surface area contributed by atoms with Crippen molar-refractivity contribution in [3.63, 3.8) is 0 Å². The molecule has 1 rings (SSSR count). The summed E-state index contributed by atoms with van der Waals surface area (Å²) >= 11 is 5.61. The third kappa shape index (κ3) is 2.91. The van der Waals surface area contributed by atoms with Gasteiger partial charge in [-0.2, -0.15) is 0 Å². The molecular formula is C10H10ClFO3. The van der Waals surface area contributed by atoms with Crippen LogP contribution in [-0.4, -0.2) is 17.7 Å². The topological polar surface area (TPSA) is 46.5 Å². The van der Waals surface area contributed by atoms with Gasteiger partial charge in [-0.25, -0.2) is 9.18 Å². The number of aliphatic hydroxyl groups excluding tert-OH is 1. The van der Waals surface area contributed by atoms with E-state index in [1.807, 2.05) is 0 Å². The van der Waals surface area contributed by atoms with Crippen molar-refractivity contribution in [1.82, 2.24) is 0 Å². The molecule has 3 nitrogen and oxygen atoms in total. The summed E-state index contributed by atoms with van der Waals surface area (Å²) in [7, 11) is 0. The highest BCUT2D eigenvalue weighted by atomic mass is 35.5. The minimum atomic E-state index is -1.64. The first-order valence-corrected chi connectivity index (χ1v) is 4.73. The lowest BCUT2D eigenvalue weighted by Gasteiger charge is -2.10. The molecule has 1 aromatic rings. The van der Waals surface area contributed by atoms with E-state index in [0.29, 0.717) is 0 Å². The first-order chi connectivity index (χ1) is 7.06. The van der Waals surface area contributed by atoms with Gasteiger partial charge in [0.05, 0.1) is 6.61 Å². The predicted octanol–water partition coefficient (Wildman–Crippen LogP) is 2.08. The zero-order chi connectivity index (χ0) is 11.4. The Morgan fingerprint density at radius 2 is 2.33 bits per heavy atom. The fourth-order valence-electron chi connectivity index (χ4n) is 1.07. The van der Waals surface area contributed by atoms with Crippen molar-refractivity contribution in [1.29, 1.82) is 0 Å². The van der Waals surface area contributed by atoms with E-state index < -0.39 is 17.9 Å². The molecule has 15 heavy (non-hydrogen) atoms. The van der Waals surface area contributed by atoms with Crippen molar-refractivity contribution in [2.24, 2.45) is 0 Å². The van der Waals surface area contributed by atoms with Crippen LogP contribution >= 0.6 is 11.6 Å². The van der Waals surface area contributed by atoms with Crippen LogP contribution in [0.1, 0.15) is 18.6 Å². The van der Waals surface area contributed by atoms with Crippen molar-refractivity contribution in [3.8, 4) is 0 Å². The van der Waals surface area contributed by atoms with E-state index in [1.165, 1.54) is 12.1 Å². The number of halogens is 2. The lowest BCUT2D eigenvalue weighted by Crippen LogP contribution is -2.16. The lowest BCUT2D eigenvalue weighted by molar-refractivity contribution is -0.153. The molecular weight excluding hydrogens is 223 g/mol. The van der Waals surface area contributed by atoms with Crippen LogP contribution in [0.4, 0.5) is 4.39 Å². The molecule has 0 radical (unpaired) electrons. The van der Waals surface area contributed by atoms with Gasteiger partial charge in [0.2, 0.25) is 0 Å². The fourth-order valence-corrected chi connectivity index (χ4v) is 1.25. The Kier molecular flexibility index (Phi) is 4.05. The number of carbonyl (C=O) groups is 1. The van der Waals surface area contributed by atoms with Gasteiger partial charge in [0.1, 0.15) is 5.82 Å². The third-order valence-electron chi connectivity index (χ3n) is 1.76. The van der Waals surface area contributed by atoms with Gasteiger partial charge in [0.25, 0.3) is 0 Å². The molecule has 0 spiro atoms. The standard InChI is InChI=1S/C10H10ClFO3/c1-2-15-10(14)9(13)7-5-6(11)3-4-8(7)12/h3-5,9,13H,2H2,1H3. The van der Waals surface area contributed by atoms with Crippen molar-refractivity contribution >= 4 is 17.6 Å². The Morgan fingerprint density at radius 1 is 1.67 bits per heavy atom. The highest BCUT2D eigenvalue weighted by Crippen LogP contribution is 2.22. The van der Waals surface area contributed by atoms with Crippen molar-refractivity contribution < 1.29 is 19.0 Å². The van der Waals surface area contributed by atoms with Gasteiger partial charge >= 0.3 is 5.97 Å². The molecule has 0 aromatic heterocycles. The summed E-state index contributed by atoms with van der Waals surface area (Å²) in [5.74, 6) is -1.58. The van der Waals surface area contributed by atoms with Crippen LogP contribution in [0.25, 0.3) is 0 Å². The van der Waals surface area contributed by atoms with E-state index in [-0.39, 0.29) is 17.2 Å². The van der Waals surface area contributed by atoms with Crippen LogP contribution in [0.5, 0.6) is 0 Å². The van der Waals surface area contributed by atoms with Crippen molar-refractivity contribution in [2.45, 2.75) is 13.0 Å². The highest BCUT2D eigenvalue weighted by molar-refractivity contribution is 6.30. The van der Waals surface area contributed by atoms with Crippen LogP contribution in [0.15, 0.2) is 18.2 Å². The number of ether oxygens (including phenoxy) is 1. The van der Waals surface area contributed by atoms with Gasteiger partial charge in [-0.1, -0.05) is 11.6 Å². The molecule has 0 aliphatic heterocycles. The monoisotopic (exact) mass is 232 g/mol. The molecule has 0 heterocycles. The Bertz CT molecular complexity index is 368. The van der Waals surface area contributed by atoms with E-state index in [1.54, 1.807) is 6.92 Å². The molecule has 0 amide bonds. The summed E-state index contributed by atoms with van der Waals surface area (Å²) in [5, 5.41) is 9.70. The van der Waals surface area contributed by atoms with Gasteiger partial charge in [-0.05, 0) is 25.1 Å². The SMILES string of the molecule is CCOC(=O)C(O)c1cc(Cl)ccc1F. The molecule has 0 aliphatic rings. The van der Waals surface area contributed by atoms with Crippen LogP contribution in [0.2, 0.25) is 5.02 Å². The maximum Gasteiger partial charge on any atom is 0.339 e. The average molecular weight is 233 g/mol. The summed E-state index contributed by atoms with van der Waals surface area (Å²) in [6.07, 6.45) is -1.64. The third-order valence-corrected chi connectivity index (χ3v) is 2.00. The molecule has 0 saturated carbocycles. The molecule has 82 valence electrons. The molecule has 1 atom stereocenters. The molecule has 0 bridgehead atoms. The zero-order valence-electron chi connectivity index (χ0n) is 8.04. The number of hydrogen-bond acceptors (Lipinski definition) is 3. The van der Waals surface area contributed by atoms with E-state index in [2.05, 4.69) is 4.74 Å². The quantitative estimate of drug-likeness (QED) is 0.812. The first-order valence-electron chi connectivity index (χ1n) is 4.36.